The standard InChI is InChI=1S/C22H36O5/c1-4-5-6-10-17(23)12-13-19-18(20(24)15-21(19)25)11-8-7-9-16(2)14-22(26)27-3/h7-8,16,18-19,21,25H,4-6,9-15H2,1-3H3/b8-7-/t16?,18?,19-,21?/m1/s1. The fraction of sp³-hybridized carbons (Fsp3) is 0.773. The molecule has 3 unspecified atom stereocenters. The largest absolute Gasteiger partial charge is 0.469 e. The first-order valence-electron chi connectivity index (χ1n) is 10.3. The van der Waals surface area contributed by atoms with Gasteiger partial charge in [-0.2, -0.15) is 0 Å². The van der Waals surface area contributed by atoms with E-state index in [1.165, 1.54) is 7.11 Å². The number of ketones is 2. The van der Waals surface area contributed by atoms with Gasteiger partial charge in [0.1, 0.15) is 11.6 Å². The molecule has 1 rings (SSSR count). The number of esters is 1. The zero-order chi connectivity index (χ0) is 20.2. The summed E-state index contributed by atoms with van der Waals surface area (Å²) in [5.41, 5.74) is 0. The lowest BCUT2D eigenvalue weighted by Gasteiger charge is -2.19. The molecule has 0 radical (unpaired) electrons. The third-order valence-electron chi connectivity index (χ3n) is 5.49. The number of Topliss-reactive ketones (excluding diaryl/α,β-unsaturated/α-hetero) is 2. The molecule has 0 heterocycles. The van der Waals surface area contributed by atoms with E-state index >= 15 is 0 Å². The number of aliphatic hydroxyl groups excluding tert-OH is 1. The van der Waals surface area contributed by atoms with Crippen molar-refractivity contribution in [3.8, 4) is 0 Å². The van der Waals surface area contributed by atoms with Crippen LogP contribution in [0.5, 0.6) is 0 Å². The number of hydrogen-bond donors (Lipinski definition) is 1. The molecule has 0 aromatic heterocycles. The lowest BCUT2D eigenvalue weighted by atomic mass is 9.86. The molecule has 1 saturated carbocycles. The normalized spacial score (nSPS) is 23.7. The SMILES string of the molecule is CCCCCC(=O)CC[C@H]1C(O)CC(=O)C1C/C=C\CC(C)CC(=O)OC. The van der Waals surface area contributed by atoms with Crippen molar-refractivity contribution in [2.45, 2.75) is 84.2 Å². The van der Waals surface area contributed by atoms with Crippen molar-refractivity contribution in [3.63, 3.8) is 0 Å². The van der Waals surface area contributed by atoms with Gasteiger partial charge in [0.25, 0.3) is 0 Å². The number of ether oxygens (including phenoxy) is 1. The Morgan fingerprint density at radius 1 is 1.26 bits per heavy atom. The average Bonchev–Trinajstić information content (AvgIpc) is 2.89. The maximum atomic E-state index is 12.2. The first kappa shape index (κ1) is 23.5. The fourth-order valence-corrected chi connectivity index (χ4v) is 3.76. The number of unbranched alkanes of at least 4 members (excludes halogenated alkanes) is 2. The summed E-state index contributed by atoms with van der Waals surface area (Å²) < 4.78 is 4.66. The van der Waals surface area contributed by atoms with Crippen LogP contribution in [0.4, 0.5) is 0 Å². The van der Waals surface area contributed by atoms with Crippen molar-refractivity contribution in [2.75, 3.05) is 7.11 Å². The maximum Gasteiger partial charge on any atom is 0.305 e. The van der Waals surface area contributed by atoms with Crippen LogP contribution in [-0.4, -0.2) is 35.9 Å². The molecule has 0 spiro atoms. The Morgan fingerprint density at radius 2 is 2.00 bits per heavy atom. The van der Waals surface area contributed by atoms with Crippen molar-refractivity contribution in [3.05, 3.63) is 12.2 Å². The number of carbonyl (C=O) groups is 3. The number of aliphatic hydroxyl groups is 1. The minimum atomic E-state index is -0.627. The maximum absolute atomic E-state index is 12.2. The van der Waals surface area contributed by atoms with E-state index in [2.05, 4.69) is 11.7 Å². The molecule has 0 aromatic rings. The highest BCUT2D eigenvalue weighted by molar-refractivity contribution is 5.84. The molecule has 0 amide bonds. The van der Waals surface area contributed by atoms with E-state index in [4.69, 9.17) is 0 Å². The highest BCUT2D eigenvalue weighted by Crippen LogP contribution is 2.35. The summed E-state index contributed by atoms with van der Waals surface area (Å²) in [6.07, 6.45) is 10.0. The molecule has 4 atom stereocenters. The molecule has 0 aromatic carbocycles. The molecule has 0 aliphatic heterocycles. The molecule has 5 heteroatoms. The van der Waals surface area contributed by atoms with Crippen molar-refractivity contribution in [1.29, 1.82) is 0 Å². The topological polar surface area (TPSA) is 80.7 Å². The molecule has 154 valence electrons. The molecule has 1 aliphatic carbocycles. The van der Waals surface area contributed by atoms with Crippen LogP contribution in [0.25, 0.3) is 0 Å². The van der Waals surface area contributed by atoms with Crippen LogP contribution in [0.3, 0.4) is 0 Å². The Bertz CT molecular complexity index is 511. The summed E-state index contributed by atoms with van der Waals surface area (Å²) in [7, 11) is 1.39. The molecule has 27 heavy (non-hydrogen) atoms. The minimum absolute atomic E-state index is 0.0955. The Balaban J connectivity index is 2.44. The van der Waals surface area contributed by atoms with E-state index in [1.807, 2.05) is 19.1 Å². The third-order valence-corrected chi connectivity index (χ3v) is 5.49. The van der Waals surface area contributed by atoms with Gasteiger partial charge in [0.2, 0.25) is 0 Å². The lowest BCUT2D eigenvalue weighted by molar-refractivity contribution is -0.141. The van der Waals surface area contributed by atoms with Crippen molar-refractivity contribution >= 4 is 17.5 Å². The van der Waals surface area contributed by atoms with Crippen LogP contribution < -0.4 is 0 Å². The van der Waals surface area contributed by atoms with Crippen molar-refractivity contribution in [2.24, 2.45) is 17.8 Å². The highest BCUT2D eigenvalue weighted by Gasteiger charge is 2.40. The number of rotatable bonds is 13. The number of hydrogen-bond acceptors (Lipinski definition) is 5. The molecule has 1 N–H and O–H groups in total. The van der Waals surface area contributed by atoms with Gasteiger partial charge < -0.3 is 9.84 Å². The highest BCUT2D eigenvalue weighted by atomic mass is 16.5. The Morgan fingerprint density at radius 3 is 2.67 bits per heavy atom. The molecule has 0 bridgehead atoms. The Labute approximate surface area is 163 Å². The summed E-state index contributed by atoms with van der Waals surface area (Å²) in [6.45, 7) is 4.10. The van der Waals surface area contributed by atoms with Crippen LogP contribution in [0, 0.1) is 17.8 Å². The van der Waals surface area contributed by atoms with Gasteiger partial charge in [-0.25, -0.2) is 0 Å². The smallest absolute Gasteiger partial charge is 0.305 e. The second-order valence-corrected chi connectivity index (χ2v) is 7.87. The van der Waals surface area contributed by atoms with Crippen LogP contribution in [-0.2, 0) is 19.1 Å². The van der Waals surface area contributed by atoms with E-state index in [0.29, 0.717) is 32.1 Å². The van der Waals surface area contributed by atoms with Crippen LogP contribution >= 0.6 is 0 Å². The fourth-order valence-electron chi connectivity index (χ4n) is 3.76. The van der Waals surface area contributed by atoms with Gasteiger partial charge in [0.05, 0.1) is 13.2 Å². The predicted octanol–water partition coefficient (Wildman–Crippen LogP) is 4.02. The molecular weight excluding hydrogens is 344 g/mol. The number of allylic oxidation sites excluding steroid dienone is 2. The van der Waals surface area contributed by atoms with E-state index in [-0.39, 0.29) is 41.7 Å². The summed E-state index contributed by atoms with van der Waals surface area (Å²) >= 11 is 0. The predicted molar refractivity (Wildman–Crippen MR) is 105 cm³/mol. The monoisotopic (exact) mass is 380 g/mol. The van der Waals surface area contributed by atoms with Crippen molar-refractivity contribution in [1.82, 2.24) is 0 Å². The van der Waals surface area contributed by atoms with Gasteiger partial charge in [-0.1, -0.05) is 38.8 Å². The van der Waals surface area contributed by atoms with Gasteiger partial charge in [0, 0.05) is 31.6 Å². The van der Waals surface area contributed by atoms with E-state index < -0.39 is 6.10 Å². The summed E-state index contributed by atoms with van der Waals surface area (Å²) in [4.78, 5) is 35.5. The van der Waals surface area contributed by atoms with Gasteiger partial charge in [0.15, 0.2) is 0 Å². The Kier molecular flexibility index (Phi) is 11.2. The lowest BCUT2D eigenvalue weighted by Crippen LogP contribution is -2.21. The third kappa shape index (κ3) is 8.83. The van der Waals surface area contributed by atoms with E-state index in [9.17, 15) is 19.5 Å². The van der Waals surface area contributed by atoms with E-state index in [1.54, 1.807) is 0 Å². The second-order valence-electron chi connectivity index (χ2n) is 7.87. The average molecular weight is 381 g/mol. The summed E-state index contributed by atoms with van der Waals surface area (Å²) in [6, 6.07) is 0. The molecule has 0 saturated heterocycles. The first-order valence-corrected chi connectivity index (χ1v) is 10.3. The van der Waals surface area contributed by atoms with Crippen LogP contribution in [0.15, 0.2) is 12.2 Å². The van der Waals surface area contributed by atoms with Crippen LogP contribution in [0.2, 0.25) is 0 Å². The Hall–Kier alpha value is -1.49. The molecule has 1 fully saturated rings. The zero-order valence-corrected chi connectivity index (χ0v) is 17.1. The quantitative estimate of drug-likeness (QED) is 0.296. The summed E-state index contributed by atoms with van der Waals surface area (Å²) in [5, 5.41) is 10.2. The second kappa shape index (κ2) is 12.8. The first-order chi connectivity index (χ1) is 12.9. The van der Waals surface area contributed by atoms with Gasteiger partial charge >= 0.3 is 5.97 Å². The number of methoxy groups -OCH3 is 1. The summed E-state index contributed by atoms with van der Waals surface area (Å²) in [5.74, 6) is -0.0109. The van der Waals surface area contributed by atoms with Gasteiger partial charge in [-0.05, 0) is 37.5 Å². The zero-order valence-electron chi connectivity index (χ0n) is 17.1. The van der Waals surface area contributed by atoms with E-state index in [0.717, 1.165) is 25.7 Å². The van der Waals surface area contributed by atoms with Gasteiger partial charge in [-0.15, -0.1) is 0 Å². The molecule has 5 nitrogen and oxygen atoms in total. The van der Waals surface area contributed by atoms with Crippen molar-refractivity contribution < 1.29 is 24.2 Å². The number of carbonyl (C=O) groups excluding carboxylic acids is 3. The van der Waals surface area contributed by atoms with Gasteiger partial charge in [-0.3, -0.25) is 14.4 Å². The van der Waals surface area contributed by atoms with Crippen LogP contribution in [0.1, 0.15) is 78.1 Å². The minimum Gasteiger partial charge on any atom is -0.469 e. The molecule has 1 aliphatic rings. The molecular formula is C22H36O5.